The molecule has 0 saturated carbocycles. The van der Waals surface area contributed by atoms with Crippen molar-refractivity contribution < 1.29 is 147 Å². The number of aromatic hydroxyl groups is 1. The van der Waals surface area contributed by atoms with Gasteiger partial charge in [-0.05, 0) is 54.8 Å². The Balaban J connectivity index is 0.00000432. The van der Waals surface area contributed by atoms with Gasteiger partial charge in [-0.3, -0.25) is 33.0 Å². The van der Waals surface area contributed by atoms with Crippen LogP contribution in [-0.2, 0) is 36.4 Å². The van der Waals surface area contributed by atoms with E-state index in [0.29, 0.717) is 35.8 Å². The molecule has 4 unspecified atom stereocenters. The van der Waals surface area contributed by atoms with Crippen LogP contribution in [0.1, 0.15) is 52.8 Å². The van der Waals surface area contributed by atoms with Crippen molar-refractivity contribution in [1.82, 2.24) is 20.9 Å². The quantitative estimate of drug-likeness (QED) is 0.0151. The number of phenols is 1. The first kappa shape index (κ1) is 60.3. The SMILES string of the molecule is NC1NC(=O)N([C@H]2C[C@H](O)[C@@H](COP(=O)([O-])OP(=O)([O-])OP(=O)([O-])O)O2)C=C1C#CCNC(=O)CCCCCNC(=O)c1ccc(-c2c3ccc(=O)cc-3oc3cc(O)ccc23)c(C(=O)O)c1.[Li+].[Li+].[Li+]. The standard InChI is InChI=1S/C39H42N5O20P3.3Li/c40-36-22(19-44(39(52)43-36)34-18-29(47)32(62-34)20-60-66(56,57)64-67(58,59)63-65(53,54)55)5-4-14-41-33(48)6-2-1-3-13-42-37(49)21-7-10-25(28(15-21)38(50)51)35-26-11-8-23(45)16-30(26)61-31-17-24(46)9-12-27(31)35;;;/h7-12,15-17,19,29,32,34,36,45,47H,1-3,6,13-14,18,20,40H2,(H,41,48)(H,42,49)(H,43,52)(H,50,51)(H,56,57)(H,58,59)(H2,53,54,55);;;/q;3*+1/p-3/t29-,32+,34+,36?;;;/m0.../s1. The van der Waals surface area contributed by atoms with Gasteiger partial charge < -0.3 is 70.3 Å². The van der Waals surface area contributed by atoms with Crippen molar-refractivity contribution in [3.8, 4) is 40.0 Å². The summed E-state index contributed by atoms with van der Waals surface area (Å²) in [6.07, 6.45) is -2.81. The summed E-state index contributed by atoms with van der Waals surface area (Å²) in [5.74, 6) is 3.30. The van der Waals surface area contributed by atoms with Gasteiger partial charge in [-0.1, -0.05) is 24.3 Å². The zero-order valence-electron chi connectivity index (χ0n) is 37.4. The van der Waals surface area contributed by atoms with Gasteiger partial charge in [0, 0.05) is 59.8 Å². The van der Waals surface area contributed by atoms with Crippen molar-refractivity contribution in [3.63, 3.8) is 0 Å². The second-order valence-corrected chi connectivity index (χ2v) is 19.0. The molecule has 0 aromatic heterocycles. The molecule has 0 spiro atoms. The number of unbranched alkanes of at least 4 members (excludes halogenated alkanes) is 2. The molecule has 7 atom stereocenters. The first-order valence-electron chi connectivity index (χ1n) is 19.7. The van der Waals surface area contributed by atoms with Crippen molar-refractivity contribution in [2.24, 2.45) is 5.73 Å². The van der Waals surface area contributed by atoms with Gasteiger partial charge in [0.2, 0.25) is 5.91 Å². The maximum Gasteiger partial charge on any atom is 1.00 e. The van der Waals surface area contributed by atoms with Crippen LogP contribution in [0.25, 0.3) is 33.4 Å². The van der Waals surface area contributed by atoms with Crippen LogP contribution in [0, 0.1) is 11.8 Å². The molecule has 70 heavy (non-hydrogen) atoms. The molecule has 9 N–H and O–H groups in total. The number of carbonyl (C=O) groups is 4. The van der Waals surface area contributed by atoms with E-state index < -0.39 is 72.6 Å². The summed E-state index contributed by atoms with van der Waals surface area (Å²) in [5.41, 5.74) is 7.02. The largest absolute Gasteiger partial charge is 1.00 e. The first-order chi connectivity index (χ1) is 31.5. The maximum absolute atomic E-state index is 13.1. The van der Waals surface area contributed by atoms with Crippen LogP contribution in [0.2, 0.25) is 0 Å². The van der Waals surface area contributed by atoms with E-state index >= 15 is 0 Å². The molecular formula is C39H39Li3N5O20P3. The van der Waals surface area contributed by atoms with Crippen LogP contribution in [0.15, 0.2) is 75.6 Å². The second-order valence-electron chi connectivity index (χ2n) is 14.7. The van der Waals surface area contributed by atoms with Crippen LogP contribution in [0.3, 0.4) is 0 Å². The minimum absolute atomic E-state index is 0. The van der Waals surface area contributed by atoms with Crippen LogP contribution < -0.4 is 98.4 Å². The third kappa shape index (κ3) is 16.3. The molecule has 3 heterocycles. The molecule has 0 bridgehead atoms. The molecule has 4 aliphatic rings. The zero-order valence-corrected chi connectivity index (χ0v) is 40.1. The number of aliphatic hydroxyl groups is 1. The number of ether oxygens (including phenoxy) is 1. The van der Waals surface area contributed by atoms with Crippen LogP contribution in [0.4, 0.5) is 4.79 Å². The van der Waals surface area contributed by atoms with Gasteiger partial charge in [0.1, 0.15) is 35.6 Å². The topological polar surface area (TPSA) is 402 Å². The van der Waals surface area contributed by atoms with Gasteiger partial charge in [0.25, 0.3) is 29.4 Å². The normalized spacial score (nSPS) is 20.1. The number of aromatic carboxylic acids is 1. The molecule has 25 nitrogen and oxygen atoms in total. The molecule has 1 saturated heterocycles. The third-order valence-electron chi connectivity index (χ3n) is 9.87. The van der Waals surface area contributed by atoms with Crippen LogP contribution >= 0.6 is 23.5 Å². The Morgan fingerprint density at radius 3 is 2.34 bits per heavy atom. The molecule has 6 rings (SSSR count). The number of amides is 4. The molecule has 2 aromatic carbocycles. The number of phosphoric acid groups is 3. The minimum atomic E-state index is -6.16. The Kier molecular flexibility index (Phi) is 22.0. The summed E-state index contributed by atoms with van der Waals surface area (Å²) in [5, 5.41) is 38.9. The number of carboxylic acid groups (broad SMARTS) is 1. The zero-order chi connectivity index (χ0) is 48.8. The Hall–Kier alpha value is -4.01. The molecule has 358 valence electrons. The van der Waals surface area contributed by atoms with Crippen molar-refractivity contribution in [2.75, 3.05) is 19.7 Å². The molecule has 1 fully saturated rings. The fraction of sp³-hybridized carbons (Fsp3) is 0.308. The number of carbonyl (C=O) groups excluding carboxylic acids is 3. The van der Waals surface area contributed by atoms with E-state index in [9.17, 15) is 67.7 Å². The Morgan fingerprint density at radius 2 is 1.64 bits per heavy atom. The van der Waals surface area contributed by atoms with Gasteiger partial charge in [0.05, 0.1) is 30.4 Å². The Labute approximate surface area is 433 Å². The number of nitrogens with two attached hydrogens (primary N) is 1. The predicted molar refractivity (Wildman–Crippen MR) is 224 cm³/mol. The monoisotopic (exact) mass is 1010 g/mol. The van der Waals surface area contributed by atoms with E-state index in [1.807, 2.05) is 0 Å². The van der Waals surface area contributed by atoms with Crippen molar-refractivity contribution in [3.05, 3.63) is 87.7 Å². The molecule has 4 amide bonds. The number of fused-ring (bicyclic) bond motifs is 2. The molecule has 1 aliphatic carbocycles. The summed E-state index contributed by atoms with van der Waals surface area (Å²) in [6.45, 7) is -0.966. The Morgan fingerprint density at radius 1 is 0.929 bits per heavy atom. The van der Waals surface area contributed by atoms with Gasteiger partial charge >= 0.3 is 68.6 Å². The van der Waals surface area contributed by atoms with E-state index in [1.54, 1.807) is 6.07 Å². The molecule has 2 aromatic rings. The number of hydrogen-bond acceptors (Lipinski definition) is 19. The van der Waals surface area contributed by atoms with E-state index in [1.165, 1.54) is 54.7 Å². The van der Waals surface area contributed by atoms with E-state index in [-0.39, 0.29) is 133 Å². The molecule has 3 aliphatic heterocycles. The van der Waals surface area contributed by atoms with E-state index in [0.717, 1.165) is 4.90 Å². The average molecular weight is 1010 g/mol. The number of carboxylic acids is 1. The summed E-state index contributed by atoms with van der Waals surface area (Å²) in [7, 11) is -18.0. The molecular weight excluding hydrogens is 972 g/mol. The maximum atomic E-state index is 13.1. The van der Waals surface area contributed by atoms with E-state index in [4.69, 9.17) is 19.8 Å². The van der Waals surface area contributed by atoms with E-state index in [2.05, 4.69) is 40.9 Å². The number of phosphoric ester groups is 1. The van der Waals surface area contributed by atoms with Gasteiger partial charge in [-0.2, -0.15) is 0 Å². The number of hydrogen-bond donors (Lipinski definition) is 8. The molecule has 31 heteroatoms. The number of nitrogens with one attached hydrogen (secondary N) is 3. The predicted octanol–water partition coefficient (Wildman–Crippen LogP) is -8.49. The average Bonchev–Trinajstić information content (AvgIpc) is 3.60. The fourth-order valence-corrected chi connectivity index (χ4v) is 9.78. The van der Waals surface area contributed by atoms with Crippen molar-refractivity contribution in [2.45, 2.75) is 56.7 Å². The number of urea groups is 1. The number of aliphatic hydroxyl groups excluding tert-OH is 1. The van der Waals surface area contributed by atoms with Crippen LogP contribution in [0.5, 0.6) is 5.75 Å². The number of phenolic OH excluding ortho intramolecular Hbond substituents is 1. The van der Waals surface area contributed by atoms with Gasteiger partial charge in [-0.15, -0.1) is 0 Å². The minimum Gasteiger partial charge on any atom is -0.756 e. The smallest absolute Gasteiger partial charge is 0.756 e. The fourth-order valence-electron chi connectivity index (χ4n) is 6.88. The summed E-state index contributed by atoms with van der Waals surface area (Å²) in [6, 6.07) is 11.8. The number of nitrogens with zero attached hydrogens (tertiary/aromatic N) is 1. The van der Waals surface area contributed by atoms with Crippen LogP contribution in [-0.4, -0.2) is 93.2 Å². The molecule has 0 radical (unpaired) electrons. The van der Waals surface area contributed by atoms with Gasteiger partial charge in [0.15, 0.2) is 5.43 Å². The third-order valence-corrected chi connectivity index (χ3v) is 13.6. The summed E-state index contributed by atoms with van der Waals surface area (Å²) in [4.78, 5) is 106. The summed E-state index contributed by atoms with van der Waals surface area (Å²) < 4.78 is 56.3. The number of benzene rings is 3. The number of rotatable bonds is 18. The second kappa shape index (κ2) is 25.6. The Bertz CT molecular complexity index is 2870. The first-order valence-corrected chi connectivity index (χ1v) is 24.1. The van der Waals surface area contributed by atoms with Gasteiger partial charge in [-0.25, -0.2) is 18.2 Å². The van der Waals surface area contributed by atoms with Crippen molar-refractivity contribution in [1.29, 1.82) is 0 Å². The van der Waals surface area contributed by atoms with Crippen molar-refractivity contribution >= 4 is 58.3 Å². The summed E-state index contributed by atoms with van der Waals surface area (Å²) >= 11 is 0.